The van der Waals surface area contributed by atoms with Gasteiger partial charge in [0.2, 0.25) is 5.91 Å². The number of para-hydroxylation sites is 1. The summed E-state index contributed by atoms with van der Waals surface area (Å²) in [6.45, 7) is 0. The van der Waals surface area contributed by atoms with Crippen LogP contribution in [0.2, 0.25) is 5.02 Å². The molecule has 1 aliphatic heterocycles. The zero-order valence-electron chi connectivity index (χ0n) is 16.9. The zero-order chi connectivity index (χ0) is 22.9. The first kappa shape index (κ1) is 22.1. The van der Waals surface area contributed by atoms with Crippen molar-refractivity contribution in [2.45, 2.75) is 36.1 Å². The number of nitrogens with one attached hydrogen (secondary N) is 4. The van der Waals surface area contributed by atoms with E-state index in [1.54, 1.807) is 30.3 Å². The molecule has 4 N–H and O–H groups in total. The molecule has 0 atom stereocenters. The Bertz CT molecular complexity index is 1190. The summed E-state index contributed by atoms with van der Waals surface area (Å²) in [5.41, 5.74) is -0.348. The molecule has 2 aromatic carbocycles. The van der Waals surface area contributed by atoms with Gasteiger partial charge < -0.3 is 10.6 Å². The zero-order valence-corrected chi connectivity index (χ0v) is 18.4. The summed E-state index contributed by atoms with van der Waals surface area (Å²) < 4.78 is 27.9. The van der Waals surface area contributed by atoms with Gasteiger partial charge in [-0.3, -0.25) is 19.6 Å². The van der Waals surface area contributed by atoms with E-state index in [2.05, 4.69) is 20.7 Å². The molecule has 11 heteroatoms. The maximum absolute atomic E-state index is 12.7. The van der Waals surface area contributed by atoms with E-state index < -0.39 is 21.6 Å². The Morgan fingerprint density at radius 2 is 1.78 bits per heavy atom. The van der Waals surface area contributed by atoms with Crippen LogP contribution >= 0.6 is 11.6 Å². The highest BCUT2D eigenvalue weighted by Gasteiger charge is 2.48. The molecule has 168 valence electrons. The molecule has 0 unspecified atom stereocenters. The van der Waals surface area contributed by atoms with E-state index in [-0.39, 0.29) is 33.3 Å². The van der Waals surface area contributed by atoms with Crippen LogP contribution in [-0.2, 0) is 19.6 Å². The standard InChI is InChI=1S/C21H21ClN4O5S/c22-16-6-1-2-7-17(16)26-32(30,31)15-5-3-4-14(12-15)23-18(27)13-8-10-21(11-9-13)19(28)24-20(29)25-21/h1-7,12-13,26H,8-11H2,(H,23,27)(H2,24,25,28,29). The lowest BCUT2D eigenvalue weighted by atomic mass is 9.76. The van der Waals surface area contributed by atoms with Crippen LogP contribution in [0.3, 0.4) is 0 Å². The highest BCUT2D eigenvalue weighted by molar-refractivity contribution is 7.92. The quantitative estimate of drug-likeness (QED) is 0.492. The van der Waals surface area contributed by atoms with Crippen molar-refractivity contribution in [1.82, 2.24) is 10.6 Å². The molecule has 1 heterocycles. The maximum Gasteiger partial charge on any atom is 0.322 e. The predicted octanol–water partition coefficient (Wildman–Crippen LogP) is 2.85. The third-order valence-electron chi connectivity index (χ3n) is 5.75. The molecule has 32 heavy (non-hydrogen) atoms. The Morgan fingerprint density at radius 3 is 2.44 bits per heavy atom. The first-order valence-corrected chi connectivity index (χ1v) is 11.9. The smallest absolute Gasteiger partial charge is 0.322 e. The Kier molecular flexibility index (Phi) is 5.83. The molecule has 2 fully saturated rings. The van der Waals surface area contributed by atoms with Crippen LogP contribution in [-0.4, -0.2) is 31.8 Å². The Labute approximate surface area is 190 Å². The minimum absolute atomic E-state index is 0.0249. The van der Waals surface area contributed by atoms with Gasteiger partial charge in [0, 0.05) is 11.6 Å². The van der Waals surface area contributed by atoms with E-state index in [9.17, 15) is 22.8 Å². The summed E-state index contributed by atoms with van der Waals surface area (Å²) in [5, 5.41) is 7.92. The molecule has 2 aromatic rings. The number of benzene rings is 2. The summed E-state index contributed by atoms with van der Waals surface area (Å²) in [4.78, 5) is 36.2. The number of carbonyl (C=O) groups excluding carboxylic acids is 3. The van der Waals surface area contributed by atoms with Crippen LogP contribution in [0.1, 0.15) is 25.7 Å². The summed E-state index contributed by atoms with van der Waals surface area (Å²) in [6.07, 6.45) is 1.56. The van der Waals surface area contributed by atoms with E-state index in [1.165, 1.54) is 18.2 Å². The van der Waals surface area contributed by atoms with Crippen molar-refractivity contribution in [2.24, 2.45) is 5.92 Å². The van der Waals surface area contributed by atoms with E-state index in [1.807, 2.05) is 0 Å². The van der Waals surface area contributed by atoms with Gasteiger partial charge in [-0.2, -0.15) is 0 Å². The average molecular weight is 477 g/mol. The molecule has 2 aliphatic rings. The molecule has 1 aliphatic carbocycles. The van der Waals surface area contributed by atoms with E-state index in [4.69, 9.17) is 11.6 Å². The van der Waals surface area contributed by atoms with Crippen molar-refractivity contribution in [1.29, 1.82) is 0 Å². The van der Waals surface area contributed by atoms with Crippen molar-refractivity contribution in [3.8, 4) is 0 Å². The van der Waals surface area contributed by atoms with Crippen LogP contribution in [0.4, 0.5) is 16.2 Å². The summed E-state index contributed by atoms with van der Waals surface area (Å²) >= 11 is 6.03. The van der Waals surface area contributed by atoms with Gasteiger partial charge in [-0.1, -0.05) is 29.8 Å². The molecule has 1 saturated heterocycles. The van der Waals surface area contributed by atoms with E-state index >= 15 is 0 Å². The van der Waals surface area contributed by atoms with Gasteiger partial charge in [-0.25, -0.2) is 13.2 Å². The molecule has 0 bridgehead atoms. The van der Waals surface area contributed by atoms with Gasteiger partial charge in [0.25, 0.3) is 15.9 Å². The summed E-state index contributed by atoms with van der Waals surface area (Å²) in [5.74, 6) is -0.976. The lowest BCUT2D eigenvalue weighted by Crippen LogP contribution is -2.50. The van der Waals surface area contributed by atoms with Crippen molar-refractivity contribution < 1.29 is 22.8 Å². The number of halogens is 1. The third-order valence-corrected chi connectivity index (χ3v) is 7.45. The van der Waals surface area contributed by atoms with Crippen molar-refractivity contribution in [3.63, 3.8) is 0 Å². The Balaban J connectivity index is 1.42. The van der Waals surface area contributed by atoms with Crippen LogP contribution in [0, 0.1) is 5.92 Å². The molecule has 0 radical (unpaired) electrons. The largest absolute Gasteiger partial charge is 0.326 e. The number of carbonyl (C=O) groups is 3. The first-order chi connectivity index (χ1) is 15.2. The Morgan fingerprint density at radius 1 is 1.06 bits per heavy atom. The van der Waals surface area contributed by atoms with Gasteiger partial charge in [0.1, 0.15) is 5.54 Å². The molecule has 0 aromatic heterocycles. The summed E-state index contributed by atoms with van der Waals surface area (Å²) in [7, 11) is -3.92. The monoisotopic (exact) mass is 476 g/mol. The highest BCUT2D eigenvalue weighted by Crippen LogP contribution is 2.35. The SMILES string of the molecule is O=C1NC(=O)C2(CCC(C(=O)Nc3cccc(S(=O)(=O)Nc4ccccc4Cl)c3)CC2)N1. The van der Waals surface area contributed by atoms with Gasteiger partial charge >= 0.3 is 6.03 Å². The van der Waals surface area contributed by atoms with Crippen molar-refractivity contribution >= 4 is 50.8 Å². The second-order valence-corrected chi connectivity index (χ2v) is 9.96. The van der Waals surface area contributed by atoms with Crippen LogP contribution < -0.4 is 20.7 Å². The van der Waals surface area contributed by atoms with Gasteiger partial charge in [-0.05, 0) is 56.0 Å². The van der Waals surface area contributed by atoms with Crippen LogP contribution in [0.15, 0.2) is 53.4 Å². The minimum Gasteiger partial charge on any atom is -0.326 e. The number of urea groups is 1. The molecule has 9 nitrogen and oxygen atoms in total. The lowest BCUT2D eigenvalue weighted by Gasteiger charge is -2.33. The molecular weight excluding hydrogens is 456 g/mol. The van der Waals surface area contributed by atoms with E-state index in [0.29, 0.717) is 31.4 Å². The molecule has 1 saturated carbocycles. The summed E-state index contributed by atoms with van der Waals surface area (Å²) in [6, 6.07) is 11.9. The number of rotatable bonds is 5. The van der Waals surface area contributed by atoms with Gasteiger partial charge in [0.05, 0.1) is 15.6 Å². The Hall–Kier alpha value is -3.11. The molecular formula is C21H21ClN4O5S. The number of imide groups is 1. The lowest BCUT2D eigenvalue weighted by molar-refractivity contribution is -0.128. The fraction of sp³-hybridized carbons (Fsp3) is 0.286. The minimum atomic E-state index is -3.92. The van der Waals surface area contributed by atoms with Crippen molar-refractivity contribution in [3.05, 3.63) is 53.6 Å². The first-order valence-electron chi connectivity index (χ1n) is 10.0. The third kappa shape index (κ3) is 4.42. The number of hydrogen-bond acceptors (Lipinski definition) is 5. The van der Waals surface area contributed by atoms with Gasteiger partial charge in [0.15, 0.2) is 0 Å². The number of sulfonamides is 1. The molecule has 4 rings (SSSR count). The van der Waals surface area contributed by atoms with Crippen LogP contribution in [0.5, 0.6) is 0 Å². The van der Waals surface area contributed by atoms with Crippen LogP contribution in [0.25, 0.3) is 0 Å². The van der Waals surface area contributed by atoms with Crippen molar-refractivity contribution in [2.75, 3.05) is 10.0 Å². The second-order valence-electron chi connectivity index (χ2n) is 7.87. The number of anilines is 2. The normalized spacial score (nSPS) is 22.8. The number of hydrogen-bond donors (Lipinski definition) is 4. The average Bonchev–Trinajstić information content (AvgIpc) is 3.02. The van der Waals surface area contributed by atoms with E-state index in [0.717, 1.165) is 0 Å². The van der Waals surface area contributed by atoms with Gasteiger partial charge in [-0.15, -0.1) is 0 Å². The molecule has 4 amide bonds. The maximum atomic E-state index is 12.7. The second kappa shape index (κ2) is 8.44. The fourth-order valence-electron chi connectivity index (χ4n) is 3.99. The predicted molar refractivity (Wildman–Crippen MR) is 119 cm³/mol. The molecule has 1 spiro atoms. The number of amides is 4. The topological polar surface area (TPSA) is 133 Å². The highest BCUT2D eigenvalue weighted by atomic mass is 35.5. The fourth-order valence-corrected chi connectivity index (χ4v) is 5.35.